The third-order valence-corrected chi connectivity index (χ3v) is 4.12. The highest BCUT2D eigenvalue weighted by Gasteiger charge is 2.25. The fraction of sp³-hybridized carbons (Fsp3) is 0.533. The minimum Gasteiger partial charge on any atom is -0.368 e. The van der Waals surface area contributed by atoms with Gasteiger partial charge in [-0.2, -0.15) is 0 Å². The smallest absolute Gasteiger partial charge is 0.250 e. The van der Waals surface area contributed by atoms with Gasteiger partial charge in [-0.15, -0.1) is 0 Å². The molecule has 1 amide bonds. The predicted molar refractivity (Wildman–Crippen MR) is 83.5 cm³/mol. The highest BCUT2D eigenvalue weighted by molar-refractivity contribution is 6.31. The molecule has 0 radical (unpaired) electrons. The maximum atomic E-state index is 11.7. The number of anilines is 1. The Labute approximate surface area is 125 Å². The molecule has 0 aromatic heterocycles. The summed E-state index contributed by atoms with van der Waals surface area (Å²) in [5, 5.41) is 3.74. The predicted octanol–water partition coefficient (Wildman–Crippen LogP) is 2.41. The van der Waals surface area contributed by atoms with E-state index in [4.69, 9.17) is 17.3 Å². The van der Waals surface area contributed by atoms with Crippen LogP contribution in [0.25, 0.3) is 0 Å². The fourth-order valence-electron chi connectivity index (χ4n) is 2.88. The van der Waals surface area contributed by atoms with Gasteiger partial charge in [-0.3, -0.25) is 4.79 Å². The van der Waals surface area contributed by atoms with Crippen LogP contribution >= 0.6 is 11.6 Å². The number of halogens is 1. The summed E-state index contributed by atoms with van der Waals surface area (Å²) in [6.45, 7) is 1.94. The van der Waals surface area contributed by atoms with E-state index in [9.17, 15) is 4.79 Å². The normalized spacial score (nSPS) is 19.1. The lowest BCUT2D eigenvalue weighted by molar-refractivity contribution is 0.100. The van der Waals surface area contributed by atoms with E-state index in [0.29, 0.717) is 16.6 Å². The second-order valence-electron chi connectivity index (χ2n) is 5.26. The minimum absolute atomic E-state index is 0.416. The second kappa shape index (κ2) is 6.95. The monoisotopic (exact) mass is 295 g/mol. The van der Waals surface area contributed by atoms with Gasteiger partial charge in [0.05, 0.1) is 5.56 Å². The van der Waals surface area contributed by atoms with Crippen molar-refractivity contribution in [3.8, 4) is 0 Å². The highest BCUT2D eigenvalue weighted by Crippen LogP contribution is 2.30. The van der Waals surface area contributed by atoms with Crippen LogP contribution in [-0.4, -0.2) is 32.1 Å². The van der Waals surface area contributed by atoms with E-state index in [1.807, 2.05) is 19.2 Å². The van der Waals surface area contributed by atoms with Crippen molar-refractivity contribution in [2.24, 2.45) is 5.73 Å². The molecule has 0 saturated carbocycles. The molecule has 1 unspecified atom stereocenters. The van der Waals surface area contributed by atoms with Gasteiger partial charge in [0.15, 0.2) is 0 Å². The van der Waals surface area contributed by atoms with Gasteiger partial charge in [-0.25, -0.2) is 0 Å². The Balaban J connectivity index is 2.29. The van der Waals surface area contributed by atoms with Crippen molar-refractivity contribution in [3.63, 3.8) is 0 Å². The van der Waals surface area contributed by atoms with Crippen molar-refractivity contribution in [1.29, 1.82) is 0 Å². The van der Waals surface area contributed by atoms with E-state index >= 15 is 0 Å². The second-order valence-corrected chi connectivity index (χ2v) is 5.70. The number of hydrogen-bond donors (Lipinski definition) is 2. The number of benzene rings is 1. The molecule has 5 heteroatoms. The number of piperidine rings is 1. The molecule has 20 heavy (non-hydrogen) atoms. The lowest BCUT2D eigenvalue weighted by Gasteiger charge is -2.38. The minimum atomic E-state index is -0.416. The molecule has 1 aromatic rings. The molecule has 1 saturated heterocycles. The van der Waals surface area contributed by atoms with Gasteiger partial charge in [0.2, 0.25) is 0 Å². The summed E-state index contributed by atoms with van der Waals surface area (Å²) in [5.41, 5.74) is 6.94. The van der Waals surface area contributed by atoms with Gasteiger partial charge in [-0.1, -0.05) is 11.6 Å². The van der Waals surface area contributed by atoms with Crippen molar-refractivity contribution in [2.75, 3.05) is 25.0 Å². The third kappa shape index (κ3) is 3.44. The zero-order valence-electron chi connectivity index (χ0n) is 11.9. The summed E-state index contributed by atoms with van der Waals surface area (Å²) >= 11 is 5.98. The van der Waals surface area contributed by atoms with Crippen molar-refractivity contribution < 1.29 is 4.79 Å². The molecule has 1 aliphatic heterocycles. The first-order valence-electron chi connectivity index (χ1n) is 7.14. The van der Waals surface area contributed by atoms with E-state index in [0.717, 1.165) is 38.0 Å². The Morgan fingerprint density at radius 1 is 1.50 bits per heavy atom. The van der Waals surface area contributed by atoms with Gasteiger partial charge in [0.1, 0.15) is 0 Å². The Kier molecular flexibility index (Phi) is 5.26. The van der Waals surface area contributed by atoms with Crippen LogP contribution in [0.15, 0.2) is 18.2 Å². The zero-order valence-corrected chi connectivity index (χ0v) is 12.6. The molecule has 1 fully saturated rings. The SMILES string of the molecule is CNCCC1CCCCN1c1ccc(Cl)cc1C(N)=O. The highest BCUT2D eigenvalue weighted by atomic mass is 35.5. The van der Waals surface area contributed by atoms with Crippen LogP contribution in [-0.2, 0) is 0 Å². The first-order chi connectivity index (χ1) is 9.63. The molecular formula is C15H22ClN3O. The number of nitrogens with zero attached hydrogens (tertiary/aromatic N) is 1. The molecule has 2 rings (SSSR count). The number of carbonyl (C=O) groups is 1. The van der Waals surface area contributed by atoms with E-state index < -0.39 is 5.91 Å². The number of primary amides is 1. The quantitative estimate of drug-likeness (QED) is 0.877. The molecule has 3 N–H and O–H groups in total. The van der Waals surface area contributed by atoms with Gasteiger partial charge < -0.3 is 16.0 Å². The van der Waals surface area contributed by atoms with Crippen LogP contribution in [0.2, 0.25) is 5.02 Å². The number of carbonyl (C=O) groups excluding carboxylic acids is 1. The number of nitrogens with two attached hydrogens (primary N) is 1. The third-order valence-electron chi connectivity index (χ3n) is 3.89. The number of nitrogens with one attached hydrogen (secondary N) is 1. The summed E-state index contributed by atoms with van der Waals surface area (Å²) in [7, 11) is 1.96. The summed E-state index contributed by atoms with van der Waals surface area (Å²) in [4.78, 5) is 14.0. The Morgan fingerprint density at radius 3 is 3.00 bits per heavy atom. The summed E-state index contributed by atoms with van der Waals surface area (Å²) in [5.74, 6) is -0.416. The fourth-order valence-corrected chi connectivity index (χ4v) is 3.06. The van der Waals surface area contributed by atoms with Gasteiger partial charge in [-0.05, 0) is 57.5 Å². The summed E-state index contributed by atoms with van der Waals surface area (Å²) in [6, 6.07) is 5.87. The van der Waals surface area contributed by atoms with E-state index in [1.54, 1.807) is 6.07 Å². The number of rotatable bonds is 5. The Bertz CT molecular complexity index is 478. The molecular weight excluding hydrogens is 274 g/mol. The average molecular weight is 296 g/mol. The van der Waals surface area contributed by atoms with Crippen molar-refractivity contribution in [2.45, 2.75) is 31.7 Å². The molecule has 0 spiro atoms. The maximum Gasteiger partial charge on any atom is 0.250 e. The van der Waals surface area contributed by atoms with Crippen LogP contribution < -0.4 is 16.0 Å². The van der Waals surface area contributed by atoms with Crippen LogP contribution in [0.4, 0.5) is 5.69 Å². The Morgan fingerprint density at radius 2 is 2.30 bits per heavy atom. The largest absolute Gasteiger partial charge is 0.368 e. The van der Waals surface area contributed by atoms with Crippen molar-refractivity contribution >= 4 is 23.2 Å². The van der Waals surface area contributed by atoms with Crippen LogP contribution in [0.5, 0.6) is 0 Å². The Hall–Kier alpha value is -1.26. The van der Waals surface area contributed by atoms with E-state index in [-0.39, 0.29) is 0 Å². The number of hydrogen-bond acceptors (Lipinski definition) is 3. The molecule has 1 heterocycles. The van der Waals surface area contributed by atoms with E-state index in [2.05, 4.69) is 10.2 Å². The lowest BCUT2D eigenvalue weighted by Crippen LogP contribution is -2.42. The average Bonchev–Trinajstić information content (AvgIpc) is 2.45. The first kappa shape index (κ1) is 15.1. The molecule has 1 aliphatic rings. The number of amides is 1. The molecule has 0 aliphatic carbocycles. The molecule has 0 bridgehead atoms. The molecule has 1 atom stereocenters. The molecule has 110 valence electrons. The summed E-state index contributed by atoms with van der Waals surface area (Å²) in [6.07, 6.45) is 4.61. The van der Waals surface area contributed by atoms with Gasteiger partial charge in [0, 0.05) is 23.3 Å². The summed E-state index contributed by atoms with van der Waals surface area (Å²) < 4.78 is 0. The van der Waals surface area contributed by atoms with Crippen molar-refractivity contribution in [3.05, 3.63) is 28.8 Å². The van der Waals surface area contributed by atoms with Crippen LogP contribution in [0.3, 0.4) is 0 Å². The topological polar surface area (TPSA) is 58.4 Å². The van der Waals surface area contributed by atoms with Gasteiger partial charge in [0.25, 0.3) is 5.91 Å². The zero-order chi connectivity index (χ0) is 14.5. The molecule has 4 nitrogen and oxygen atoms in total. The van der Waals surface area contributed by atoms with Crippen LogP contribution in [0.1, 0.15) is 36.0 Å². The van der Waals surface area contributed by atoms with Gasteiger partial charge >= 0.3 is 0 Å². The van der Waals surface area contributed by atoms with E-state index in [1.165, 1.54) is 6.42 Å². The standard InChI is InChI=1S/C15H22ClN3O/c1-18-8-7-12-4-2-3-9-19(12)14-6-5-11(16)10-13(14)15(17)20/h5-6,10,12,18H,2-4,7-9H2,1H3,(H2,17,20). The first-order valence-corrected chi connectivity index (χ1v) is 7.52. The van der Waals surface area contributed by atoms with Crippen molar-refractivity contribution in [1.82, 2.24) is 5.32 Å². The molecule has 1 aromatic carbocycles. The van der Waals surface area contributed by atoms with Crippen LogP contribution in [0, 0.1) is 0 Å². The maximum absolute atomic E-state index is 11.7. The lowest BCUT2D eigenvalue weighted by atomic mass is 9.97.